The van der Waals surface area contributed by atoms with E-state index in [0.29, 0.717) is 13.1 Å². The van der Waals surface area contributed by atoms with Gasteiger partial charge in [-0.05, 0) is 37.9 Å². The maximum absolute atomic E-state index is 12.1. The highest BCUT2D eigenvalue weighted by molar-refractivity contribution is 5.95. The predicted octanol–water partition coefficient (Wildman–Crippen LogP) is 1.75. The number of amides is 1. The third-order valence-corrected chi connectivity index (χ3v) is 3.95. The Morgan fingerprint density at radius 1 is 1.30 bits per heavy atom. The van der Waals surface area contributed by atoms with E-state index in [0.717, 1.165) is 30.6 Å². The van der Waals surface area contributed by atoms with Crippen molar-refractivity contribution in [2.24, 2.45) is 0 Å². The summed E-state index contributed by atoms with van der Waals surface area (Å²) in [6.07, 6.45) is 2.00. The van der Waals surface area contributed by atoms with Crippen molar-refractivity contribution in [3.63, 3.8) is 0 Å². The molecule has 2 aliphatic rings. The van der Waals surface area contributed by atoms with Crippen molar-refractivity contribution in [3.8, 4) is 0 Å². The fourth-order valence-corrected chi connectivity index (χ4v) is 2.66. The van der Waals surface area contributed by atoms with Crippen LogP contribution in [0, 0.1) is 10.1 Å². The standard InChI is InChI=1S/C14H17N3O3/c1-15-6-7-16(14(18)9-15)11-4-5-13(17(19)20)12(8-11)10-2-3-10/h4-5,8,10H,2-3,6-7,9H2,1H3. The number of hydrogen-bond donors (Lipinski definition) is 0. The molecule has 1 aliphatic carbocycles. The number of benzene rings is 1. The lowest BCUT2D eigenvalue weighted by Crippen LogP contribution is -2.48. The maximum atomic E-state index is 12.1. The highest BCUT2D eigenvalue weighted by Crippen LogP contribution is 2.45. The van der Waals surface area contributed by atoms with Crippen molar-refractivity contribution in [1.82, 2.24) is 4.90 Å². The van der Waals surface area contributed by atoms with Gasteiger partial charge in [-0.2, -0.15) is 0 Å². The Bertz CT molecular complexity index is 569. The maximum Gasteiger partial charge on any atom is 0.273 e. The molecule has 1 aromatic rings. The van der Waals surface area contributed by atoms with E-state index < -0.39 is 0 Å². The lowest BCUT2D eigenvalue weighted by Gasteiger charge is -2.32. The van der Waals surface area contributed by atoms with Crippen LogP contribution in [0.2, 0.25) is 0 Å². The SMILES string of the molecule is CN1CCN(c2ccc([N+](=O)[O-])c(C3CC3)c2)C(=O)C1. The highest BCUT2D eigenvalue weighted by atomic mass is 16.6. The van der Waals surface area contributed by atoms with Gasteiger partial charge in [0.25, 0.3) is 5.69 Å². The minimum atomic E-state index is -0.330. The van der Waals surface area contributed by atoms with Crippen LogP contribution in [0.5, 0.6) is 0 Å². The van der Waals surface area contributed by atoms with E-state index in [4.69, 9.17) is 0 Å². The predicted molar refractivity (Wildman–Crippen MR) is 74.9 cm³/mol. The molecule has 106 valence electrons. The molecule has 0 aromatic heterocycles. The molecular weight excluding hydrogens is 258 g/mol. The summed E-state index contributed by atoms with van der Waals surface area (Å²) in [5.74, 6) is 0.340. The van der Waals surface area contributed by atoms with Crippen LogP contribution in [0.3, 0.4) is 0 Å². The van der Waals surface area contributed by atoms with E-state index in [1.165, 1.54) is 6.07 Å². The summed E-state index contributed by atoms with van der Waals surface area (Å²) >= 11 is 0. The van der Waals surface area contributed by atoms with Gasteiger partial charge in [0.15, 0.2) is 0 Å². The Labute approximate surface area is 117 Å². The van der Waals surface area contributed by atoms with Crippen LogP contribution >= 0.6 is 0 Å². The first-order valence-corrected chi connectivity index (χ1v) is 6.83. The van der Waals surface area contributed by atoms with Gasteiger partial charge in [-0.1, -0.05) is 0 Å². The van der Waals surface area contributed by atoms with Crippen molar-refractivity contribution in [1.29, 1.82) is 0 Å². The number of nitrogens with zero attached hydrogens (tertiary/aromatic N) is 3. The Morgan fingerprint density at radius 3 is 2.65 bits per heavy atom. The molecule has 0 atom stereocenters. The number of carbonyl (C=O) groups excluding carboxylic acids is 1. The molecule has 0 radical (unpaired) electrons. The number of likely N-dealkylation sites (N-methyl/N-ethyl adjacent to an activating group) is 1. The van der Waals surface area contributed by atoms with Crippen LogP contribution in [-0.4, -0.2) is 42.4 Å². The van der Waals surface area contributed by atoms with Gasteiger partial charge in [0.05, 0.1) is 11.5 Å². The lowest BCUT2D eigenvalue weighted by molar-refractivity contribution is -0.385. The minimum Gasteiger partial charge on any atom is -0.310 e. The molecule has 1 aliphatic heterocycles. The van der Waals surface area contributed by atoms with Crippen LogP contribution in [0.1, 0.15) is 24.3 Å². The minimum absolute atomic E-state index is 0.0503. The Hall–Kier alpha value is -1.95. The third kappa shape index (κ3) is 2.38. The van der Waals surface area contributed by atoms with Crippen LogP contribution in [0.15, 0.2) is 18.2 Å². The van der Waals surface area contributed by atoms with Crippen molar-refractivity contribution in [2.75, 3.05) is 31.6 Å². The fraction of sp³-hybridized carbons (Fsp3) is 0.500. The Balaban J connectivity index is 1.92. The number of carbonyl (C=O) groups is 1. The summed E-state index contributed by atoms with van der Waals surface area (Å²) < 4.78 is 0. The Kier molecular flexibility index (Phi) is 3.17. The lowest BCUT2D eigenvalue weighted by atomic mass is 10.1. The molecule has 2 fully saturated rings. The molecule has 1 amide bonds. The molecule has 0 bridgehead atoms. The second-order valence-corrected chi connectivity index (χ2v) is 5.56. The zero-order chi connectivity index (χ0) is 14.3. The Morgan fingerprint density at radius 2 is 2.05 bits per heavy atom. The van der Waals surface area contributed by atoms with Crippen molar-refractivity contribution in [3.05, 3.63) is 33.9 Å². The average molecular weight is 275 g/mol. The second kappa shape index (κ2) is 4.86. The molecule has 1 saturated carbocycles. The van der Waals surface area contributed by atoms with Gasteiger partial charge in [-0.3, -0.25) is 19.8 Å². The number of anilines is 1. The van der Waals surface area contributed by atoms with Crippen molar-refractivity contribution < 1.29 is 9.72 Å². The second-order valence-electron chi connectivity index (χ2n) is 5.56. The third-order valence-electron chi connectivity index (χ3n) is 3.95. The molecule has 1 heterocycles. The van der Waals surface area contributed by atoms with Gasteiger partial charge >= 0.3 is 0 Å². The number of nitro benzene ring substituents is 1. The van der Waals surface area contributed by atoms with Gasteiger partial charge < -0.3 is 4.90 Å². The summed E-state index contributed by atoms with van der Waals surface area (Å²) in [7, 11) is 1.92. The molecule has 0 N–H and O–H groups in total. The summed E-state index contributed by atoms with van der Waals surface area (Å²) in [6.45, 7) is 1.86. The first-order valence-electron chi connectivity index (χ1n) is 6.83. The average Bonchev–Trinajstić information content (AvgIpc) is 3.22. The van der Waals surface area contributed by atoms with E-state index in [9.17, 15) is 14.9 Å². The molecule has 6 nitrogen and oxygen atoms in total. The zero-order valence-electron chi connectivity index (χ0n) is 11.4. The number of piperazine rings is 1. The van der Waals surface area contributed by atoms with Crippen LogP contribution in [0.4, 0.5) is 11.4 Å². The number of rotatable bonds is 3. The summed E-state index contributed by atoms with van der Waals surface area (Å²) in [5, 5.41) is 11.1. The van der Waals surface area contributed by atoms with Gasteiger partial charge in [0.1, 0.15) is 0 Å². The zero-order valence-corrected chi connectivity index (χ0v) is 11.4. The molecule has 0 unspecified atom stereocenters. The smallest absolute Gasteiger partial charge is 0.273 e. The first kappa shape index (κ1) is 13.1. The summed E-state index contributed by atoms with van der Waals surface area (Å²) in [6, 6.07) is 5.06. The molecule has 6 heteroatoms. The fourth-order valence-electron chi connectivity index (χ4n) is 2.66. The molecule has 0 spiro atoms. The van der Waals surface area contributed by atoms with Gasteiger partial charge in [0.2, 0.25) is 5.91 Å². The van der Waals surface area contributed by atoms with Gasteiger partial charge in [-0.15, -0.1) is 0 Å². The monoisotopic (exact) mass is 275 g/mol. The van der Waals surface area contributed by atoms with E-state index in [1.54, 1.807) is 11.0 Å². The quantitative estimate of drug-likeness (QED) is 0.622. The van der Waals surface area contributed by atoms with E-state index in [-0.39, 0.29) is 22.4 Å². The summed E-state index contributed by atoms with van der Waals surface area (Å²) in [5.41, 5.74) is 1.74. The summed E-state index contributed by atoms with van der Waals surface area (Å²) in [4.78, 5) is 26.5. The van der Waals surface area contributed by atoms with E-state index in [1.807, 2.05) is 18.0 Å². The van der Waals surface area contributed by atoms with Crippen LogP contribution < -0.4 is 4.90 Å². The molecule has 20 heavy (non-hydrogen) atoms. The van der Waals surface area contributed by atoms with Crippen molar-refractivity contribution in [2.45, 2.75) is 18.8 Å². The van der Waals surface area contributed by atoms with Crippen LogP contribution in [0.25, 0.3) is 0 Å². The first-order chi connectivity index (χ1) is 9.56. The number of nitro groups is 1. The topological polar surface area (TPSA) is 66.7 Å². The number of hydrogen-bond acceptors (Lipinski definition) is 4. The molecular formula is C14H17N3O3. The highest BCUT2D eigenvalue weighted by Gasteiger charge is 2.32. The molecule has 1 saturated heterocycles. The van der Waals surface area contributed by atoms with E-state index in [2.05, 4.69) is 0 Å². The normalized spacial score (nSPS) is 20.2. The van der Waals surface area contributed by atoms with Crippen LogP contribution in [-0.2, 0) is 4.79 Å². The largest absolute Gasteiger partial charge is 0.310 e. The van der Waals surface area contributed by atoms with Gasteiger partial charge in [0, 0.05) is 30.4 Å². The molecule has 1 aromatic carbocycles. The molecule has 3 rings (SSSR count). The van der Waals surface area contributed by atoms with E-state index >= 15 is 0 Å². The van der Waals surface area contributed by atoms with Crippen molar-refractivity contribution >= 4 is 17.3 Å². The van der Waals surface area contributed by atoms with Gasteiger partial charge in [-0.25, -0.2) is 0 Å².